The van der Waals surface area contributed by atoms with Crippen LogP contribution >= 0.6 is 23.3 Å². The fourth-order valence-corrected chi connectivity index (χ4v) is 0. The van der Waals surface area contributed by atoms with Gasteiger partial charge in [-0.05, 0) is 0 Å². The zero-order valence-electron chi connectivity index (χ0n) is 0.894. The van der Waals surface area contributed by atoms with E-state index in [1.165, 1.54) is 0 Å². The van der Waals surface area contributed by atoms with E-state index in [1.54, 1.807) is 0 Å². The second kappa shape index (κ2) is 20.7. The Morgan fingerprint density at radius 1 is 0.750 bits per heavy atom. The molecule has 0 bridgehead atoms. The molecule has 0 rings (SSSR count). The molecule has 0 amide bonds. The maximum atomic E-state index is 3.22. The van der Waals surface area contributed by atoms with Crippen molar-refractivity contribution in [2.45, 2.75) is 0 Å². The molecule has 0 aliphatic carbocycles. The van der Waals surface area contributed by atoms with Crippen molar-refractivity contribution in [3.8, 4) is 0 Å². The molecular weight excluding hydrogens is 78.0 g/mol. The van der Waals surface area contributed by atoms with Gasteiger partial charge in [0.15, 0.2) is 0 Å². The van der Waals surface area contributed by atoms with Crippen molar-refractivity contribution in [1.29, 1.82) is 0 Å². The summed E-state index contributed by atoms with van der Waals surface area (Å²) < 4.78 is 0. The van der Waals surface area contributed by atoms with Gasteiger partial charge in [0.2, 0.25) is 0 Å². The van der Waals surface area contributed by atoms with Gasteiger partial charge in [-0.15, -0.1) is 23.3 Å². The Bertz CT molecular complexity index is 4.00. The third-order valence-corrected chi connectivity index (χ3v) is 0. The number of rotatable bonds is 0. The van der Waals surface area contributed by atoms with Crippen molar-refractivity contribution in [3.05, 3.63) is 0 Å². The van der Waals surface area contributed by atoms with E-state index in [4.69, 9.17) is 0 Å². The molecule has 0 N–H and O–H groups in total. The van der Waals surface area contributed by atoms with Crippen molar-refractivity contribution in [3.63, 3.8) is 0 Å². The van der Waals surface area contributed by atoms with Crippen LogP contribution in [0.1, 0.15) is 0 Å². The molecule has 0 aliphatic rings. The van der Waals surface area contributed by atoms with Crippen LogP contribution in [0.4, 0.5) is 0 Å². The van der Waals surface area contributed by atoms with Crippen LogP contribution in [0.5, 0.6) is 0 Å². The van der Waals surface area contributed by atoms with Gasteiger partial charge in [0.25, 0.3) is 0 Å². The third kappa shape index (κ3) is 9.09. The molecular formula is H4Li2S2. The molecule has 4 heteroatoms. The molecule has 0 saturated heterocycles. The Labute approximate surface area is 60.7 Å². The average Bonchev–Trinajstić information content (AvgIpc) is 1.00. The number of thiol groups is 2. The Balaban J connectivity index is -0.00000000500. The van der Waals surface area contributed by atoms with Gasteiger partial charge in [0.1, 0.15) is 0 Å². The Morgan fingerprint density at radius 3 is 0.750 bits per heavy atom. The van der Waals surface area contributed by atoms with Gasteiger partial charge >= 0.3 is 37.7 Å². The summed E-state index contributed by atoms with van der Waals surface area (Å²) in [6.45, 7) is 0. The van der Waals surface area contributed by atoms with Gasteiger partial charge in [-0.1, -0.05) is 0 Å². The van der Waals surface area contributed by atoms with Crippen LogP contribution in [-0.4, -0.2) is 37.7 Å². The normalized spacial score (nSPS) is 1.50. The summed E-state index contributed by atoms with van der Waals surface area (Å²) in [7, 11) is 0. The van der Waals surface area contributed by atoms with Gasteiger partial charge in [-0.2, -0.15) is 0 Å². The molecule has 18 valence electrons. The predicted molar refractivity (Wildman–Crippen MR) is 32.3 cm³/mol. The zero-order chi connectivity index (χ0) is 2.00. The quantitative estimate of drug-likeness (QED) is 0.219. The van der Waals surface area contributed by atoms with Gasteiger partial charge < -0.3 is 0 Å². The van der Waals surface area contributed by atoms with E-state index in [1.807, 2.05) is 0 Å². The van der Waals surface area contributed by atoms with E-state index >= 15 is 0 Å². The molecule has 0 aliphatic heterocycles. The first-order valence-corrected chi connectivity index (χ1v) is 1.80. The Kier molecular flexibility index (Phi) is 87.1. The number of hydrogen-bond acceptors (Lipinski definition) is 2. The van der Waals surface area contributed by atoms with E-state index in [0.29, 0.717) is 0 Å². The van der Waals surface area contributed by atoms with E-state index in [-0.39, 0.29) is 37.7 Å². The van der Waals surface area contributed by atoms with Crippen LogP contribution in [0.15, 0.2) is 0 Å². The van der Waals surface area contributed by atoms with Crippen LogP contribution in [0, 0.1) is 0 Å². The molecule has 4 heavy (non-hydrogen) atoms. The molecule has 0 fully saturated rings. The molecule has 0 radical (unpaired) electrons. The fourth-order valence-electron chi connectivity index (χ4n) is 0. The van der Waals surface area contributed by atoms with Crippen molar-refractivity contribution >= 4 is 61.0 Å². The standard InChI is InChI=1S/2Li.H2S2.2H/c;;1-2;;/h;;1-2H;;. The zero-order valence-corrected chi connectivity index (χ0v) is 2.68. The summed E-state index contributed by atoms with van der Waals surface area (Å²) >= 11 is 6.44. The minimum atomic E-state index is 0. The minimum absolute atomic E-state index is 0. The van der Waals surface area contributed by atoms with Crippen molar-refractivity contribution in [1.82, 2.24) is 0 Å². The third-order valence-electron chi connectivity index (χ3n) is 0. The van der Waals surface area contributed by atoms with Gasteiger partial charge in [0.05, 0.1) is 0 Å². The molecule has 0 spiro atoms. The Hall–Kier alpha value is 1.89. The van der Waals surface area contributed by atoms with Gasteiger partial charge in [0, 0.05) is 0 Å². The maximum absolute atomic E-state index is 3.22. The van der Waals surface area contributed by atoms with E-state index in [9.17, 15) is 0 Å². The van der Waals surface area contributed by atoms with Crippen LogP contribution in [-0.2, 0) is 0 Å². The van der Waals surface area contributed by atoms with E-state index in [0.717, 1.165) is 0 Å². The van der Waals surface area contributed by atoms with E-state index in [2.05, 4.69) is 23.3 Å². The number of hydrogen-bond donors (Lipinski definition) is 2. The van der Waals surface area contributed by atoms with Crippen molar-refractivity contribution < 1.29 is 0 Å². The second-order valence-electron chi connectivity index (χ2n) is 0. The molecule has 0 saturated carbocycles. The monoisotopic (exact) mass is 82.0 g/mol. The molecule has 0 unspecified atom stereocenters. The first-order valence-electron chi connectivity index (χ1n) is 0.200. The second-order valence-corrected chi connectivity index (χ2v) is 0. The summed E-state index contributed by atoms with van der Waals surface area (Å²) in [4.78, 5) is 0. The molecule has 0 aromatic carbocycles. The molecule has 0 aromatic heterocycles. The molecule has 0 aromatic rings. The van der Waals surface area contributed by atoms with Crippen LogP contribution in [0.2, 0.25) is 0 Å². The fraction of sp³-hybridized carbons (Fsp3) is 0. The molecule has 0 heterocycles. The summed E-state index contributed by atoms with van der Waals surface area (Å²) in [5.74, 6) is 0. The summed E-state index contributed by atoms with van der Waals surface area (Å²) in [5, 5.41) is 0. The van der Waals surface area contributed by atoms with E-state index < -0.39 is 0 Å². The first-order chi connectivity index (χ1) is 1.00. The van der Waals surface area contributed by atoms with Crippen molar-refractivity contribution in [2.24, 2.45) is 0 Å². The molecule has 0 atom stereocenters. The topological polar surface area (TPSA) is 0 Å². The van der Waals surface area contributed by atoms with Gasteiger partial charge in [-0.3, -0.25) is 0 Å². The average molecular weight is 82.0 g/mol. The van der Waals surface area contributed by atoms with Crippen LogP contribution < -0.4 is 0 Å². The summed E-state index contributed by atoms with van der Waals surface area (Å²) in [5.41, 5.74) is 0. The van der Waals surface area contributed by atoms with Crippen LogP contribution in [0.3, 0.4) is 0 Å². The summed E-state index contributed by atoms with van der Waals surface area (Å²) in [6, 6.07) is 0. The first kappa shape index (κ1) is 16.9. The predicted octanol–water partition coefficient (Wildman–Crippen LogP) is -0.536. The van der Waals surface area contributed by atoms with Crippen LogP contribution in [0.25, 0.3) is 0 Å². The SMILES string of the molecule is SS.[LiH].[LiH]. The Morgan fingerprint density at radius 2 is 0.750 bits per heavy atom. The molecule has 0 nitrogen and oxygen atoms in total. The van der Waals surface area contributed by atoms with Crippen molar-refractivity contribution in [2.75, 3.05) is 0 Å². The summed E-state index contributed by atoms with van der Waals surface area (Å²) in [6.07, 6.45) is 0. The van der Waals surface area contributed by atoms with Gasteiger partial charge in [-0.25, -0.2) is 0 Å².